The van der Waals surface area contributed by atoms with Crippen LogP contribution in [0, 0.1) is 5.82 Å². The Kier molecular flexibility index (Phi) is 2.86. The highest BCUT2D eigenvalue weighted by atomic mass is 79.9. The standard InChI is InChI=1S/C7H5BrF2O2/c8-4-1-5(11)7(10)6(2-4)12-3-9/h1-2,11H,3H2. The zero-order valence-electron chi connectivity index (χ0n) is 5.85. The van der Waals surface area contributed by atoms with Gasteiger partial charge in [-0.15, -0.1) is 0 Å². The van der Waals surface area contributed by atoms with E-state index in [1.165, 1.54) is 6.07 Å². The van der Waals surface area contributed by atoms with Crippen LogP contribution in [-0.2, 0) is 0 Å². The van der Waals surface area contributed by atoms with Crippen molar-refractivity contribution in [3.63, 3.8) is 0 Å². The van der Waals surface area contributed by atoms with Gasteiger partial charge in [0.2, 0.25) is 12.7 Å². The van der Waals surface area contributed by atoms with Gasteiger partial charge in [0.05, 0.1) is 0 Å². The van der Waals surface area contributed by atoms with E-state index in [9.17, 15) is 8.78 Å². The summed E-state index contributed by atoms with van der Waals surface area (Å²) in [4.78, 5) is 0. The molecule has 1 N–H and O–H groups in total. The van der Waals surface area contributed by atoms with Crippen LogP contribution >= 0.6 is 15.9 Å². The molecule has 0 radical (unpaired) electrons. The number of rotatable bonds is 2. The number of hydrogen-bond acceptors (Lipinski definition) is 2. The molecule has 0 heterocycles. The van der Waals surface area contributed by atoms with Crippen LogP contribution in [-0.4, -0.2) is 12.0 Å². The SMILES string of the molecule is Oc1cc(Br)cc(OCF)c1F. The van der Waals surface area contributed by atoms with Crippen molar-refractivity contribution in [2.75, 3.05) is 6.86 Å². The van der Waals surface area contributed by atoms with E-state index in [1.807, 2.05) is 0 Å². The molecule has 0 amide bonds. The van der Waals surface area contributed by atoms with Crippen LogP contribution in [0.25, 0.3) is 0 Å². The Hall–Kier alpha value is -0.840. The van der Waals surface area contributed by atoms with Gasteiger partial charge in [0.25, 0.3) is 0 Å². The molecule has 2 nitrogen and oxygen atoms in total. The van der Waals surface area contributed by atoms with Gasteiger partial charge < -0.3 is 9.84 Å². The maximum absolute atomic E-state index is 12.8. The number of benzene rings is 1. The minimum atomic E-state index is -1.13. The smallest absolute Gasteiger partial charge is 0.228 e. The van der Waals surface area contributed by atoms with Gasteiger partial charge in [-0.1, -0.05) is 15.9 Å². The molecule has 0 aromatic heterocycles. The van der Waals surface area contributed by atoms with Crippen molar-refractivity contribution in [3.8, 4) is 11.5 Å². The largest absolute Gasteiger partial charge is 0.505 e. The summed E-state index contributed by atoms with van der Waals surface area (Å²) >= 11 is 2.99. The van der Waals surface area contributed by atoms with Crippen molar-refractivity contribution < 1.29 is 18.6 Å². The minimum absolute atomic E-state index is 0.315. The van der Waals surface area contributed by atoms with Gasteiger partial charge in [-0.2, -0.15) is 4.39 Å². The molecule has 0 aliphatic heterocycles. The van der Waals surface area contributed by atoms with Gasteiger partial charge in [-0.3, -0.25) is 0 Å². The van der Waals surface area contributed by atoms with Crippen molar-refractivity contribution in [1.29, 1.82) is 0 Å². The van der Waals surface area contributed by atoms with E-state index in [0.29, 0.717) is 4.47 Å². The van der Waals surface area contributed by atoms with Gasteiger partial charge in [0, 0.05) is 4.47 Å². The van der Waals surface area contributed by atoms with Gasteiger partial charge >= 0.3 is 0 Å². The second-order valence-electron chi connectivity index (χ2n) is 1.99. The van der Waals surface area contributed by atoms with Gasteiger partial charge in [-0.25, -0.2) is 4.39 Å². The average Bonchev–Trinajstić information content (AvgIpc) is 2.00. The first-order chi connectivity index (χ1) is 5.65. The molecule has 0 unspecified atom stereocenters. The Bertz CT molecular complexity index is 291. The summed E-state index contributed by atoms with van der Waals surface area (Å²) in [6, 6.07) is 2.38. The second-order valence-corrected chi connectivity index (χ2v) is 2.91. The van der Waals surface area contributed by atoms with Crippen LogP contribution in [0.15, 0.2) is 16.6 Å². The first-order valence-corrected chi connectivity index (χ1v) is 3.81. The van der Waals surface area contributed by atoms with Gasteiger partial charge in [0.1, 0.15) is 0 Å². The lowest BCUT2D eigenvalue weighted by molar-refractivity contribution is 0.182. The summed E-state index contributed by atoms with van der Waals surface area (Å²) in [6.45, 7) is -1.13. The van der Waals surface area contributed by atoms with Crippen LogP contribution < -0.4 is 4.74 Å². The molecule has 1 aromatic carbocycles. The zero-order chi connectivity index (χ0) is 9.14. The van der Waals surface area contributed by atoms with Crippen LogP contribution in [0.4, 0.5) is 8.78 Å². The highest BCUT2D eigenvalue weighted by Crippen LogP contribution is 2.30. The number of ether oxygens (including phenoxy) is 1. The number of alkyl halides is 1. The Balaban J connectivity index is 3.09. The average molecular weight is 239 g/mol. The molecule has 66 valence electrons. The predicted molar refractivity (Wildman–Crippen MR) is 42.4 cm³/mol. The van der Waals surface area contributed by atoms with Crippen molar-refractivity contribution in [3.05, 3.63) is 22.4 Å². The van der Waals surface area contributed by atoms with E-state index in [4.69, 9.17) is 5.11 Å². The van der Waals surface area contributed by atoms with Gasteiger partial charge in [0.15, 0.2) is 11.5 Å². The Morgan fingerprint density at radius 2 is 2.17 bits per heavy atom. The predicted octanol–water partition coefficient (Wildman–Crippen LogP) is 2.60. The molecule has 0 atom stereocenters. The van der Waals surface area contributed by atoms with Crippen LogP contribution in [0.1, 0.15) is 0 Å². The lowest BCUT2D eigenvalue weighted by atomic mass is 10.3. The molecular formula is C7H5BrF2O2. The fourth-order valence-corrected chi connectivity index (χ4v) is 1.14. The highest BCUT2D eigenvalue weighted by molar-refractivity contribution is 9.10. The first-order valence-electron chi connectivity index (χ1n) is 3.02. The molecular weight excluding hydrogens is 234 g/mol. The molecule has 0 spiro atoms. The first kappa shape index (κ1) is 9.25. The molecule has 1 rings (SSSR count). The molecule has 5 heteroatoms. The summed E-state index contributed by atoms with van der Waals surface area (Å²) < 4.78 is 29.1. The monoisotopic (exact) mass is 238 g/mol. The summed E-state index contributed by atoms with van der Waals surface area (Å²) in [7, 11) is 0. The zero-order valence-corrected chi connectivity index (χ0v) is 7.44. The Morgan fingerprint density at radius 3 is 2.75 bits per heavy atom. The van der Waals surface area contributed by atoms with E-state index in [2.05, 4.69) is 20.7 Å². The molecule has 0 aliphatic rings. The minimum Gasteiger partial charge on any atom is -0.505 e. The van der Waals surface area contributed by atoms with E-state index < -0.39 is 18.4 Å². The maximum Gasteiger partial charge on any atom is 0.228 e. The molecule has 12 heavy (non-hydrogen) atoms. The van der Waals surface area contributed by atoms with Crippen molar-refractivity contribution >= 4 is 15.9 Å². The molecule has 0 fully saturated rings. The third-order valence-electron chi connectivity index (χ3n) is 1.19. The quantitative estimate of drug-likeness (QED) is 0.859. The topological polar surface area (TPSA) is 29.5 Å². The van der Waals surface area contributed by atoms with Crippen molar-refractivity contribution in [2.24, 2.45) is 0 Å². The highest BCUT2D eigenvalue weighted by Gasteiger charge is 2.09. The lowest BCUT2D eigenvalue weighted by Gasteiger charge is -2.04. The fourth-order valence-electron chi connectivity index (χ4n) is 0.714. The Morgan fingerprint density at radius 1 is 1.50 bits per heavy atom. The van der Waals surface area contributed by atoms with Crippen molar-refractivity contribution in [1.82, 2.24) is 0 Å². The lowest BCUT2D eigenvalue weighted by Crippen LogP contribution is -1.93. The summed E-state index contributed by atoms with van der Waals surface area (Å²) in [5, 5.41) is 8.90. The molecule has 0 saturated carbocycles. The third kappa shape index (κ3) is 1.85. The third-order valence-corrected chi connectivity index (χ3v) is 1.65. The summed E-state index contributed by atoms with van der Waals surface area (Å²) in [5.74, 6) is -1.85. The van der Waals surface area contributed by atoms with Crippen LogP contribution in [0.2, 0.25) is 0 Å². The number of hydrogen-bond donors (Lipinski definition) is 1. The van der Waals surface area contributed by atoms with Gasteiger partial charge in [-0.05, 0) is 12.1 Å². The summed E-state index contributed by atoms with van der Waals surface area (Å²) in [6.07, 6.45) is 0. The second kappa shape index (κ2) is 3.71. The Labute approximate surface area is 75.9 Å². The molecule has 0 aliphatic carbocycles. The van der Waals surface area contributed by atoms with E-state index in [-0.39, 0.29) is 5.75 Å². The number of aromatic hydroxyl groups is 1. The number of phenolic OH excluding ortho intramolecular Hbond substituents is 1. The van der Waals surface area contributed by atoms with Crippen molar-refractivity contribution in [2.45, 2.75) is 0 Å². The van der Waals surface area contributed by atoms with Crippen LogP contribution in [0.3, 0.4) is 0 Å². The van der Waals surface area contributed by atoms with E-state index in [0.717, 1.165) is 6.07 Å². The maximum atomic E-state index is 12.8. The molecule has 1 aromatic rings. The molecule has 0 bridgehead atoms. The number of halogens is 3. The molecule has 0 saturated heterocycles. The summed E-state index contributed by atoms with van der Waals surface area (Å²) in [5.41, 5.74) is 0. The number of phenols is 1. The fraction of sp³-hybridized carbons (Fsp3) is 0.143. The normalized spacial score (nSPS) is 9.92. The van der Waals surface area contributed by atoms with E-state index >= 15 is 0 Å². The van der Waals surface area contributed by atoms with Crippen LogP contribution in [0.5, 0.6) is 11.5 Å². The van der Waals surface area contributed by atoms with E-state index in [1.54, 1.807) is 0 Å².